The number of nitrogens with one attached hydrogen (secondary N) is 2. The second kappa shape index (κ2) is 13.5. The number of aromatic nitrogens is 3. The third-order valence-corrected chi connectivity index (χ3v) is 3.14. The highest BCUT2D eigenvalue weighted by Gasteiger charge is 2.03. The van der Waals surface area contributed by atoms with E-state index in [2.05, 4.69) is 46.6 Å². The van der Waals surface area contributed by atoms with Crippen molar-refractivity contribution in [2.45, 2.75) is 47.2 Å². The minimum atomic E-state index is 0. The van der Waals surface area contributed by atoms with Gasteiger partial charge in [0.2, 0.25) is 0 Å². The molecule has 0 aliphatic carbocycles. The van der Waals surface area contributed by atoms with E-state index in [4.69, 9.17) is 4.74 Å². The summed E-state index contributed by atoms with van der Waals surface area (Å²) in [6, 6.07) is 0. The van der Waals surface area contributed by atoms with Gasteiger partial charge in [0.1, 0.15) is 12.9 Å². The van der Waals surface area contributed by atoms with Crippen molar-refractivity contribution in [2.75, 3.05) is 26.3 Å². The Kier molecular flexibility index (Phi) is 13.0. The zero-order chi connectivity index (χ0) is 16.2. The molecule has 0 fully saturated rings. The summed E-state index contributed by atoms with van der Waals surface area (Å²) in [5.74, 6) is 2.33. The molecule has 1 rings (SSSR count). The predicted molar refractivity (Wildman–Crippen MR) is 104 cm³/mol. The normalized spacial score (nSPS) is 11.4. The molecule has 0 amide bonds. The summed E-state index contributed by atoms with van der Waals surface area (Å²) in [6.45, 7) is 12.9. The molecule has 1 aromatic heterocycles. The van der Waals surface area contributed by atoms with Crippen LogP contribution in [-0.4, -0.2) is 47.0 Å². The molecule has 0 radical (unpaired) electrons. The SMILES string of the molecule is CCNC(=NCc1nncn1CC)NCCOCCC(C)C.I. The van der Waals surface area contributed by atoms with Gasteiger partial charge in [-0.1, -0.05) is 13.8 Å². The van der Waals surface area contributed by atoms with Gasteiger partial charge in [0.25, 0.3) is 0 Å². The van der Waals surface area contributed by atoms with E-state index >= 15 is 0 Å². The Morgan fingerprint density at radius 3 is 2.74 bits per heavy atom. The third kappa shape index (κ3) is 9.75. The average Bonchev–Trinajstić information content (AvgIpc) is 2.95. The number of hydrogen-bond donors (Lipinski definition) is 2. The third-order valence-electron chi connectivity index (χ3n) is 3.14. The molecule has 1 aromatic rings. The van der Waals surface area contributed by atoms with E-state index in [9.17, 15) is 0 Å². The summed E-state index contributed by atoms with van der Waals surface area (Å²) in [6.07, 6.45) is 2.83. The molecule has 0 saturated heterocycles. The minimum Gasteiger partial charge on any atom is -0.380 e. The standard InChI is InChI=1S/C15H30N6O.HI/c1-5-16-15(17-8-10-22-9-7-13(3)4)18-11-14-20-19-12-21(14)6-2;/h12-13H,5-11H2,1-4H3,(H2,16,17,18);1H. The second-order valence-corrected chi connectivity index (χ2v) is 5.45. The summed E-state index contributed by atoms with van der Waals surface area (Å²) in [7, 11) is 0. The Morgan fingerprint density at radius 1 is 1.30 bits per heavy atom. The number of aryl methyl sites for hydroxylation is 1. The molecule has 1 heterocycles. The van der Waals surface area contributed by atoms with Crippen LogP contribution in [0.2, 0.25) is 0 Å². The number of rotatable bonds is 10. The van der Waals surface area contributed by atoms with Crippen molar-refractivity contribution in [1.82, 2.24) is 25.4 Å². The van der Waals surface area contributed by atoms with E-state index in [1.807, 2.05) is 11.5 Å². The number of nitrogens with zero attached hydrogens (tertiary/aromatic N) is 4. The van der Waals surface area contributed by atoms with Crippen LogP contribution in [0.25, 0.3) is 0 Å². The first-order valence-corrected chi connectivity index (χ1v) is 8.13. The minimum absolute atomic E-state index is 0. The van der Waals surface area contributed by atoms with Crippen molar-refractivity contribution >= 4 is 29.9 Å². The topological polar surface area (TPSA) is 76.4 Å². The highest BCUT2D eigenvalue weighted by atomic mass is 127. The van der Waals surface area contributed by atoms with Gasteiger partial charge in [-0.05, 0) is 26.2 Å². The zero-order valence-electron chi connectivity index (χ0n) is 14.7. The van der Waals surface area contributed by atoms with E-state index in [0.717, 1.165) is 44.4 Å². The number of halogens is 1. The van der Waals surface area contributed by atoms with Crippen LogP contribution in [-0.2, 0) is 17.8 Å². The van der Waals surface area contributed by atoms with Gasteiger partial charge in [-0.25, -0.2) is 4.99 Å². The summed E-state index contributed by atoms with van der Waals surface area (Å²) < 4.78 is 7.58. The fourth-order valence-corrected chi connectivity index (χ4v) is 1.82. The first-order chi connectivity index (χ1) is 10.7. The molecule has 0 spiro atoms. The number of ether oxygens (including phenoxy) is 1. The monoisotopic (exact) mass is 438 g/mol. The van der Waals surface area contributed by atoms with Crippen LogP contribution in [0.5, 0.6) is 0 Å². The fraction of sp³-hybridized carbons (Fsp3) is 0.800. The van der Waals surface area contributed by atoms with Gasteiger partial charge in [-0.15, -0.1) is 34.2 Å². The first-order valence-electron chi connectivity index (χ1n) is 8.13. The summed E-state index contributed by atoms with van der Waals surface area (Å²) in [4.78, 5) is 4.53. The molecule has 8 heteroatoms. The van der Waals surface area contributed by atoms with Crippen molar-refractivity contribution in [3.63, 3.8) is 0 Å². The van der Waals surface area contributed by atoms with Crippen LogP contribution >= 0.6 is 24.0 Å². The van der Waals surface area contributed by atoms with E-state index in [0.29, 0.717) is 19.1 Å². The Labute approximate surface area is 156 Å². The molecular formula is C15H31IN6O. The molecule has 0 saturated carbocycles. The van der Waals surface area contributed by atoms with Gasteiger partial charge in [0, 0.05) is 26.2 Å². The fourth-order valence-electron chi connectivity index (χ4n) is 1.82. The second-order valence-electron chi connectivity index (χ2n) is 5.45. The lowest BCUT2D eigenvalue weighted by Gasteiger charge is -2.12. The predicted octanol–water partition coefficient (Wildman–Crippen LogP) is 2.03. The van der Waals surface area contributed by atoms with Gasteiger partial charge in [-0.2, -0.15) is 0 Å². The summed E-state index contributed by atoms with van der Waals surface area (Å²) in [5, 5.41) is 14.5. The van der Waals surface area contributed by atoms with Crippen molar-refractivity contribution in [3.8, 4) is 0 Å². The maximum Gasteiger partial charge on any atom is 0.191 e. The lowest BCUT2D eigenvalue weighted by molar-refractivity contribution is 0.128. The van der Waals surface area contributed by atoms with E-state index in [1.54, 1.807) is 6.33 Å². The van der Waals surface area contributed by atoms with Crippen LogP contribution < -0.4 is 10.6 Å². The lowest BCUT2D eigenvalue weighted by Crippen LogP contribution is -2.39. The van der Waals surface area contributed by atoms with Crippen molar-refractivity contribution < 1.29 is 4.74 Å². The average molecular weight is 438 g/mol. The molecule has 0 aliphatic rings. The summed E-state index contributed by atoms with van der Waals surface area (Å²) in [5.41, 5.74) is 0. The first kappa shape index (κ1) is 22.1. The van der Waals surface area contributed by atoms with Gasteiger partial charge in [0.05, 0.1) is 6.61 Å². The number of guanidine groups is 1. The molecule has 0 atom stereocenters. The van der Waals surface area contributed by atoms with E-state index in [-0.39, 0.29) is 24.0 Å². The molecule has 0 aromatic carbocycles. The quantitative estimate of drug-likeness (QED) is 0.253. The molecular weight excluding hydrogens is 407 g/mol. The number of hydrogen-bond acceptors (Lipinski definition) is 4. The van der Waals surface area contributed by atoms with Gasteiger partial charge >= 0.3 is 0 Å². The Bertz CT molecular complexity index is 435. The Balaban J connectivity index is 0.00000484. The molecule has 0 bridgehead atoms. The van der Waals surface area contributed by atoms with Crippen LogP contribution in [0.3, 0.4) is 0 Å². The molecule has 0 unspecified atom stereocenters. The smallest absolute Gasteiger partial charge is 0.191 e. The maximum atomic E-state index is 5.59. The van der Waals surface area contributed by atoms with Crippen LogP contribution in [0, 0.1) is 5.92 Å². The van der Waals surface area contributed by atoms with E-state index in [1.165, 1.54) is 0 Å². The van der Waals surface area contributed by atoms with Crippen LogP contribution in [0.4, 0.5) is 0 Å². The van der Waals surface area contributed by atoms with Crippen molar-refractivity contribution in [1.29, 1.82) is 0 Å². The van der Waals surface area contributed by atoms with Gasteiger partial charge < -0.3 is 19.9 Å². The molecule has 7 nitrogen and oxygen atoms in total. The molecule has 23 heavy (non-hydrogen) atoms. The molecule has 0 aliphatic heterocycles. The highest BCUT2D eigenvalue weighted by molar-refractivity contribution is 14.0. The van der Waals surface area contributed by atoms with Crippen LogP contribution in [0.15, 0.2) is 11.3 Å². The van der Waals surface area contributed by atoms with Crippen LogP contribution in [0.1, 0.15) is 39.9 Å². The highest BCUT2D eigenvalue weighted by Crippen LogP contribution is 1.98. The van der Waals surface area contributed by atoms with Gasteiger partial charge in [0.15, 0.2) is 11.8 Å². The van der Waals surface area contributed by atoms with Crippen molar-refractivity contribution in [2.24, 2.45) is 10.9 Å². The lowest BCUT2D eigenvalue weighted by atomic mass is 10.1. The largest absolute Gasteiger partial charge is 0.380 e. The number of aliphatic imine (C=N–C) groups is 1. The molecule has 134 valence electrons. The van der Waals surface area contributed by atoms with E-state index < -0.39 is 0 Å². The van der Waals surface area contributed by atoms with Crippen molar-refractivity contribution in [3.05, 3.63) is 12.2 Å². The Hall–Kier alpha value is -0.900. The molecule has 2 N–H and O–H groups in total. The maximum absolute atomic E-state index is 5.59. The summed E-state index contributed by atoms with van der Waals surface area (Å²) >= 11 is 0. The zero-order valence-corrected chi connectivity index (χ0v) is 17.0. The van der Waals surface area contributed by atoms with Gasteiger partial charge in [-0.3, -0.25) is 0 Å². The Morgan fingerprint density at radius 2 is 2.09 bits per heavy atom.